The second-order valence-corrected chi connectivity index (χ2v) is 26.1. The van der Waals surface area contributed by atoms with E-state index < -0.39 is 65.1 Å². The summed E-state index contributed by atoms with van der Waals surface area (Å²) in [6.45, 7) is 17.5. The van der Waals surface area contributed by atoms with Gasteiger partial charge in [0.25, 0.3) is 5.91 Å². The molecule has 10 unspecified atom stereocenters. The van der Waals surface area contributed by atoms with E-state index in [1.54, 1.807) is 72.6 Å². The zero-order chi connectivity index (χ0) is 55.2. The van der Waals surface area contributed by atoms with Gasteiger partial charge in [0.1, 0.15) is 22.1 Å². The molecule has 9 rings (SSSR count). The third-order valence-corrected chi connectivity index (χ3v) is 18.6. The van der Waals surface area contributed by atoms with Crippen LogP contribution in [0.3, 0.4) is 0 Å². The molecule has 2 saturated heterocycles. The number of nitrogens with zero attached hydrogens (tertiary/aromatic N) is 4. The Hall–Kier alpha value is -6.08. The molecule has 0 spiro atoms. The molecule has 6 amide bonds. The second kappa shape index (κ2) is 22.3. The van der Waals surface area contributed by atoms with Crippen molar-refractivity contribution in [1.82, 2.24) is 51.7 Å². The highest BCUT2D eigenvalue weighted by atomic mass is 32.1. The number of nitrogens with one attached hydrogen (secondary N) is 6. The van der Waals surface area contributed by atoms with Crippen LogP contribution in [0.15, 0.2) is 72.3 Å². The number of aryl methyl sites for hydroxylation is 4. The summed E-state index contributed by atoms with van der Waals surface area (Å²) in [4.78, 5) is 101. The van der Waals surface area contributed by atoms with Gasteiger partial charge in [-0.1, -0.05) is 115 Å². The van der Waals surface area contributed by atoms with E-state index in [0.29, 0.717) is 18.4 Å². The Kier molecular flexibility index (Phi) is 16.2. The molecule has 410 valence electrons. The van der Waals surface area contributed by atoms with E-state index in [0.717, 1.165) is 58.2 Å². The fraction of sp³-hybridized carbons (Fsp3) is 0.525. The first-order valence-corrected chi connectivity index (χ1v) is 28.9. The predicted octanol–water partition coefficient (Wildman–Crippen LogP) is 6.37. The number of rotatable bonds is 14. The monoisotopic (exact) mass is 1080 g/mol. The fourth-order valence-electron chi connectivity index (χ4n) is 11.4. The number of carbonyl (C=O) groups is 6. The van der Waals surface area contributed by atoms with Gasteiger partial charge in [-0.3, -0.25) is 28.8 Å². The minimum absolute atomic E-state index is 0.217. The molecule has 77 heavy (non-hydrogen) atoms. The molecule has 2 aromatic heterocycles. The fourth-order valence-corrected chi connectivity index (χ4v) is 13.8. The molecule has 5 aliphatic rings. The highest BCUT2D eigenvalue weighted by Crippen LogP contribution is 2.45. The molecule has 16 nitrogen and oxygen atoms in total. The highest BCUT2D eigenvalue weighted by Gasteiger charge is 2.47. The number of likely N-dealkylation sites (tertiary alicyclic amines) is 2. The summed E-state index contributed by atoms with van der Waals surface area (Å²) in [7, 11) is 3.41. The van der Waals surface area contributed by atoms with Crippen LogP contribution >= 0.6 is 22.7 Å². The Balaban J connectivity index is 0.913. The molecule has 18 heteroatoms. The summed E-state index contributed by atoms with van der Waals surface area (Å²) < 4.78 is 0. The molecule has 0 bridgehead atoms. The first kappa shape index (κ1) is 55.7. The van der Waals surface area contributed by atoms with Crippen LogP contribution in [0, 0.1) is 22.7 Å². The van der Waals surface area contributed by atoms with E-state index in [4.69, 9.17) is 9.97 Å². The van der Waals surface area contributed by atoms with Crippen LogP contribution in [-0.2, 0) is 54.5 Å². The minimum Gasteiger partial charge on any atom is -0.351 e. The van der Waals surface area contributed by atoms with Crippen LogP contribution in [-0.4, -0.2) is 119 Å². The number of amides is 6. The topological polar surface area (TPSA) is 207 Å². The number of fused-ring (bicyclic) bond motifs is 6. The van der Waals surface area contributed by atoms with E-state index in [1.165, 1.54) is 20.9 Å². The number of aromatic nitrogens is 2. The van der Waals surface area contributed by atoms with Gasteiger partial charge >= 0.3 is 0 Å². The molecular weight excluding hydrogens is 1010 g/mol. The Morgan fingerprint density at radius 3 is 1.51 bits per heavy atom. The second-order valence-electron chi connectivity index (χ2n) is 23.8. The SMILES string of the molecule is CNC(C)C(=O)NC(C(=O)N1CC(NC(=O)C2=CC(C)C(C(=O)NC3CC(c4nc5c(s4)CCc4ccccc4-5)N(C(=O)C(NC(=O)C(C)NC)C(C)(C)C)C3)C=C2)CC1c1nc2c(s1)CCc1ccccc1-2)C(C)(C)C. The maximum Gasteiger partial charge on any atom is 0.251 e. The summed E-state index contributed by atoms with van der Waals surface area (Å²) in [6.07, 6.45) is 9.68. The summed E-state index contributed by atoms with van der Waals surface area (Å²) in [6, 6.07) is 12.2. The lowest BCUT2D eigenvalue weighted by atomic mass is 9.85. The summed E-state index contributed by atoms with van der Waals surface area (Å²) in [5, 5.41) is 20.1. The van der Waals surface area contributed by atoms with E-state index in [-0.39, 0.29) is 54.5 Å². The lowest BCUT2D eigenvalue weighted by Crippen LogP contribution is -2.57. The zero-order valence-electron chi connectivity index (χ0n) is 46.3. The molecule has 2 aliphatic heterocycles. The van der Waals surface area contributed by atoms with E-state index >= 15 is 0 Å². The Morgan fingerprint density at radius 2 is 1.08 bits per heavy atom. The molecule has 2 fully saturated rings. The molecule has 4 heterocycles. The average molecular weight is 1090 g/mol. The van der Waals surface area contributed by atoms with Crippen LogP contribution < -0.4 is 31.9 Å². The predicted molar refractivity (Wildman–Crippen MR) is 302 cm³/mol. The Morgan fingerprint density at radius 1 is 0.636 bits per heavy atom. The van der Waals surface area contributed by atoms with Gasteiger partial charge in [-0.05, 0) is 94.3 Å². The molecule has 4 aromatic rings. The number of carbonyl (C=O) groups excluding carboxylic acids is 6. The van der Waals surface area contributed by atoms with Gasteiger partial charge in [0.2, 0.25) is 29.5 Å². The number of allylic oxidation sites excluding steroid dienone is 1. The summed E-state index contributed by atoms with van der Waals surface area (Å²) in [5.41, 5.74) is 5.74. The van der Waals surface area contributed by atoms with Crippen molar-refractivity contribution in [1.29, 1.82) is 0 Å². The number of likely N-dealkylation sites (N-methyl/N-ethyl adjacent to an activating group) is 2. The van der Waals surface area contributed by atoms with Gasteiger partial charge in [0.05, 0.1) is 41.5 Å². The van der Waals surface area contributed by atoms with Crippen molar-refractivity contribution in [2.75, 3.05) is 27.2 Å². The molecular formula is C59H76N10O6S2. The first-order chi connectivity index (χ1) is 36.5. The van der Waals surface area contributed by atoms with Crippen molar-refractivity contribution in [3.05, 3.63) is 103 Å². The van der Waals surface area contributed by atoms with Crippen molar-refractivity contribution in [3.63, 3.8) is 0 Å². The van der Waals surface area contributed by atoms with Gasteiger partial charge in [0, 0.05) is 51.6 Å². The molecule has 0 radical (unpaired) electrons. The van der Waals surface area contributed by atoms with E-state index in [1.807, 2.05) is 78.8 Å². The van der Waals surface area contributed by atoms with Gasteiger partial charge in [-0.2, -0.15) is 0 Å². The Labute approximate surface area is 461 Å². The highest BCUT2D eigenvalue weighted by molar-refractivity contribution is 7.12. The van der Waals surface area contributed by atoms with E-state index in [2.05, 4.69) is 56.2 Å². The maximum atomic E-state index is 14.9. The molecule has 6 N–H and O–H groups in total. The van der Waals surface area contributed by atoms with Crippen LogP contribution in [0.1, 0.15) is 118 Å². The van der Waals surface area contributed by atoms with Crippen LogP contribution in [0.2, 0.25) is 0 Å². The maximum absolute atomic E-state index is 14.9. The average Bonchev–Trinajstić information content (AvgIpc) is 4.24. The van der Waals surface area contributed by atoms with Crippen LogP contribution in [0.5, 0.6) is 0 Å². The number of thiazole rings is 2. The number of hydrogen-bond donors (Lipinski definition) is 6. The minimum atomic E-state index is -0.846. The van der Waals surface area contributed by atoms with Gasteiger partial charge in [-0.15, -0.1) is 22.7 Å². The van der Waals surface area contributed by atoms with Crippen LogP contribution in [0.4, 0.5) is 0 Å². The van der Waals surface area contributed by atoms with Crippen molar-refractivity contribution in [2.24, 2.45) is 22.7 Å². The number of hydrogen-bond acceptors (Lipinski definition) is 12. The molecule has 3 aliphatic carbocycles. The molecule has 10 atom stereocenters. The standard InChI is InChI=1S/C59H76N10O6S2/c1-31-26-36(52(72)62-37-27-42(54-64-46-40-18-14-12-16-34(40)21-24-44(46)76-54)68(29-37)56(74)48(58(4,5)6)66-50(70)32(2)60-10)20-23-39(31)53(73)63-38-28-43(55-65-47-41-19-15-13-17-35(41)22-25-45(47)77-55)69(30-38)57(75)49(59(7,8)9)67-51(71)33(3)61-11/h12-20,23,26,31-33,37-39,42-43,48-49,60-61H,21-22,24-25,27-30H2,1-11H3,(H,62,72)(H,63,73)(H,66,70)(H,67,71). The molecule has 2 aromatic carbocycles. The normalized spacial score (nSPS) is 23.3. The largest absolute Gasteiger partial charge is 0.351 e. The lowest BCUT2D eigenvalue weighted by Gasteiger charge is -2.36. The smallest absolute Gasteiger partial charge is 0.251 e. The van der Waals surface area contributed by atoms with Crippen molar-refractivity contribution >= 4 is 58.1 Å². The third-order valence-electron chi connectivity index (χ3n) is 16.1. The third kappa shape index (κ3) is 11.6. The summed E-state index contributed by atoms with van der Waals surface area (Å²) >= 11 is 3.24. The van der Waals surface area contributed by atoms with Crippen molar-refractivity contribution < 1.29 is 28.8 Å². The van der Waals surface area contributed by atoms with Gasteiger partial charge in [0.15, 0.2) is 0 Å². The zero-order valence-corrected chi connectivity index (χ0v) is 48.0. The quantitative estimate of drug-likeness (QED) is 0.0823. The van der Waals surface area contributed by atoms with Gasteiger partial charge < -0.3 is 41.7 Å². The van der Waals surface area contributed by atoms with Crippen LogP contribution in [0.25, 0.3) is 22.5 Å². The lowest BCUT2D eigenvalue weighted by molar-refractivity contribution is -0.141. The van der Waals surface area contributed by atoms with Crippen molar-refractivity contribution in [3.8, 4) is 22.5 Å². The number of benzene rings is 2. The Bertz CT molecular complexity index is 3000. The summed E-state index contributed by atoms with van der Waals surface area (Å²) in [5.74, 6) is -2.51. The molecule has 0 saturated carbocycles. The van der Waals surface area contributed by atoms with Crippen molar-refractivity contribution in [2.45, 2.75) is 149 Å². The van der Waals surface area contributed by atoms with E-state index in [9.17, 15) is 28.8 Å². The first-order valence-electron chi connectivity index (χ1n) is 27.3. The van der Waals surface area contributed by atoms with Gasteiger partial charge in [-0.25, -0.2) is 9.97 Å².